The molecule has 5 N–H and O–H groups in total. The fourth-order valence-electron chi connectivity index (χ4n) is 2.30. The van der Waals surface area contributed by atoms with Gasteiger partial charge in [-0.05, 0) is 18.2 Å². The van der Waals surface area contributed by atoms with Crippen LogP contribution in [0.3, 0.4) is 0 Å². The normalized spacial score (nSPS) is 13.0. The first-order valence-corrected chi connectivity index (χ1v) is 8.81. The van der Waals surface area contributed by atoms with Gasteiger partial charge in [-0.25, -0.2) is 0 Å². The number of rotatable bonds is 2. The van der Waals surface area contributed by atoms with Crippen molar-refractivity contribution in [1.82, 2.24) is 0 Å². The number of hydrogen-bond acceptors (Lipinski definition) is 7. The number of furan rings is 1. The van der Waals surface area contributed by atoms with Crippen LogP contribution in [0.2, 0.25) is 0 Å². The van der Waals surface area contributed by atoms with E-state index in [-0.39, 0.29) is 27.6 Å². The Kier molecular flexibility index (Phi) is 3.10. The molecule has 1 aromatic heterocycles. The van der Waals surface area contributed by atoms with Gasteiger partial charge in [0.15, 0.2) is 5.75 Å². The van der Waals surface area contributed by atoms with Crippen molar-refractivity contribution < 1.29 is 35.5 Å². The second kappa shape index (κ2) is 4.58. The lowest BCUT2D eigenvalue weighted by atomic mass is 10.1. The topological polar surface area (TPSA) is 168 Å². The zero-order chi connectivity index (χ0) is 17.2. The minimum atomic E-state index is -4.89. The molecular weight excluding hydrogens is 350 g/mol. The molecule has 0 atom stereocenters. The first-order valence-electron chi connectivity index (χ1n) is 5.93. The van der Waals surface area contributed by atoms with E-state index in [0.29, 0.717) is 0 Å². The van der Waals surface area contributed by atoms with Gasteiger partial charge < -0.3 is 15.3 Å². The van der Waals surface area contributed by atoms with E-state index in [1.165, 1.54) is 6.07 Å². The third-order valence-corrected chi connectivity index (χ3v) is 5.01. The Morgan fingerprint density at radius 3 is 2.17 bits per heavy atom. The number of nitrogen functional groups attached to an aromatic ring is 1. The van der Waals surface area contributed by atoms with Crippen molar-refractivity contribution in [2.75, 3.05) is 5.73 Å². The SMILES string of the molecule is Nc1cc2oc3ccc(S(=O)(=O)O)cc3c2c(S(=O)(=O)O)c1O. The van der Waals surface area contributed by atoms with Crippen molar-refractivity contribution in [2.24, 2.45) is 0 Å². The average molecular weight is 359 g/mol. The Bertz CT molecular complexity index is 1170. The lowest BCUT2D eigenvalue weighted by molar-refractivity contribution is 0.447. The van der Waals surface area contributed by atoms with Crippen molar-refractivity contribution in [3.05, 3.63) is 24.3 Å². The molecule has 3 rings (SSSR count). The smallest absolute Gasteiger partial charge is 0.299 e. The maximum atomic E-state index is 11.6. The fourth-order valence-corrected chi connectivity index (χ4v) is 3.64. The van der Waals surface area contributed by atoms with Crippen LogP contribution in [-0.4, -0.2) is 31.0 Å². The minimum absolute atomic E-state index is 0.0435. The standard InChI is InChI=1S/C12H9NO8S2/c13-7-4-9-10(12(11(7)14)23(18,19)20)6-3-5(22(15,16)17)1-2-8(6)21-9/h1-4,14H,13H2,(H,15,16,17)(H,18,19,20). The Morgan fingerprint density at radius 2 is 1.61 bits per heavy atom. The quantitative estimate of drug-likeness (QED) is 0.300. The highest BCUT2D eigenvalue weighted by molar-refractivity contribution is 7.86. The summed E-state index contributed by atoms with van der Waals surface area (Å²) in [4.78, 5) is -1.41. The second-order valence-corrected chi connectivity index (χ2v) is 7.51. The molecular formula is C12H9NO8S2. The Morgan fingerprint density at radius 1 is 0.957 bits per heavy atom. The maximum absolute atomic E-state index is 11.6. The van der Waals surface area contributed by atoms with E-state index in [9.17, 15) is 26.5 Å². The molecule has 2 aromatic carbocycles. The van der Waals surface area contributed by atoms with Crippen LogP contribution in [-0.2, 0) is 20.2 Å². The first-order chi connectivity index (χ1) is 10.5. The molecule has 9 nitrogen and oxygen atoms in total. The molecule has 0 aliphatic rings. The van der Waals surface area contributed by atoms with Crippen LogP contribution in [0, 0.1) is 0 Å². The van der Waals surface area contributed by atoms with Crippen LogP contribution < -0.4 is 5.73 Å². The Hall–Kier alpha value is -2.34. The van der Waals surface area contributed by atoms with Crippen LogP contribution in [0.4, 0.5) is 5.69 Å². The average Bonchev–Trinajstić information content (AvgIpc) is 2.74. The molecule has 1 heterocycles. The van der Waals surface area contributed by atoms with E-state index in [0.717, 1.165) is 18.2 Å². The molecule has 0 aliphatic heterocycles. The first kappa shape index (κ1) is 15.6. The van der Waals surface area contributed by atoms with Gasteiger partial charge in [0, 0.05) is 11.5 Å². The molecule has 0 fully saturated rings. The summed E-state index contributed by atoms with van der Waals surface area (Å²) < 4.78 is 69.4. The van der Waals surface area contributed by atoms with Crippen molar-refractivity contribution in [3.63, 3.8) is 0 Å². The number of phenols is 1. The highest BCUT2D eigenvalue weighted by Gasteiger charge is 2.26. The molecule has 0 unspecified atom stereocenters. The predicted octanol–water partition coefficient (Wildman–Crippen LogP) is 1.37. The lowest BCUT2D eigenvalue weighted by Gasteiger charge is -2.06. The summed E-state index contributed by atoms with van der Waals surface area (Å²) in [7, 11) is -9.44. The minimum Gasteiger partial charge on any atom is -0.504 e. The number of aromatic hydroxyl groups is 1. The molecule has 0 bridgehead atoms. The van der Waals surface area contributed by atoms with Crippen LogP contribution in [0.15, 0.2) is 38.5 Å². The predicted molar refractivity (Wildman–Crippen MR) is 79.4 cm³/mol. The highest BCUT2D eigenvalue weighted by atomic mass is 32.2. The van der Waals surface area contributed by atoms with Gasteiger partial charge in [0.05, 0.1) is 16.0 Å². The highest BCUT2D eigenvalue weighted by Crippen LogP contribution is 2.42. The van der Waals surface area contributed by atoms with E-state index < -0.39 is 35.8 Å². The van der Waals surface area contributed by atoms with Gasteiger partial charge in [-0.2, -0.15) is 16.8 Å². The van der Waals surface area contributed by atoms with Crippen LogP contribution >= 0.6 is 0 Å². The summed E-state index contributed by atoms with van der Waals surface area (Å²) in [5.41, 5.74) is 5.12. The zero-order valence-corrected chi connectivity index (χ0v) is 12.7. The summed E-state index contributed by atoms with van der Waals surface area (Å²) in [6.45, 7) is 0. The summed E-state index contributed by atoms with van der Waals surface area (Å²) in [5, 5.41) is 9.57. The summed E-state index contributed by atoms with van der Waals surface area (Å²) in [6.07, 6.45) is 0. The fraction of sp³-hybridized carbons (Fsp3) is 0. The molecule has 3 aromatic rings. The van der Waals surface area contributed by atoms with E-state index >= 15 is 0 Å². The van der Waals surface area contributed by atoms with E-state index in [2.05, 4.69) is 0 Å². The summed E-state index contributed by atoms with van der Waals surface area (Å²) >= 11 is 0. The molecule has 0 radical (unpaired) electrons. The molecule has 0 aliphatic carbocycles. The molecule has 0 saturated heterocycles. The van der Waals surface area contributed by atoms with Crippen LogP contribution in [0.25, 0.3) is 21.9 Å². The Labute approximate surface area is 129 Å². The molecule has 0 saturated carbocycles. The molecule has 122 valence electrons. The lowest BCUT2D eigenvalue weighted by Crippen LogP contribution is -2.02. The van der Waals surface area contributed by atoms with Gasteiger partial charge in [-0.15, -0.1) is 0 Å². The van der Waals surface area contributed by atoms with Gasteiger partial charge >= 0.3 is 0 Å². The summed E-state index contributed by atoms with van der Waals surface area (Å²) in [6, 6.07) is 4.34. The van der Waals surface area contributed by atoms with E-state index in [4.69, 9.17) is 14.7 Å². The molecule has 0 amide bonds. The van der Waals surface area contributed by atoms with Gasteiger partial charge in [0.1, 0.15) is 16.1 Å². The molecule has 0 spiro atoms. The zero-order valence-electron chi connectivity index (χ0n) is 11.1. The van der Waals surface area contributed by atoms with Gasteiger partial charge in [0.2, 0.25) is 0 Å². The van der Waals surface area contributed by atoms with Crippen molar-refractivity contribution in [3.8, 4) is 5.75 Å². The van der Waals surface area contributed by atoms with Crippen molar-refractivity contribution in [1.29, 1.82) is 0 Å². The van der Waals surface area contributed by atoms with E-state index in [1.54, 1.807) is 0 Å². The monoisotopic (exact) mass is 359 g/mol. The van der Waals surface area contributed by atoms with Crippen molar-refractivity contribution in [2.45, 2.75) is 9.79 Å². The number of phenolic OH excluding ortho intramolecular Hbond substituents is 1. The second-order valence-electron chi connectivity index (χ2n) is 4.73. The Balaban J connectivity index is 2.62. The number of fused-ring (bicyclic) bond motifs is 3. The summed E-state index contributed by atoms with van der Waals surface area (Å²) in [5.74, 6) is -0.889. The van der Waals surface area contributed by atoms with Gasteiger partial charge in [-0.3, -0.25) is 9.11 Å². The van der Waals surface area contributed by atoms with Crippen LogP contribution in [0.5, 0.6) is 5.75 Å². The van der Waals surface area contributed by atoms with E-state index in [1.807, 2.05) is 0 Å². The van der Waals surface area contributed by atoms with Crippen LogP contribution in [0.1, 0.15) is 0 Å². The number of nitrogens with two attached hydrogens (primary N) is 1. The number of anilines is 1. The number of benzene rings is 2. The third-order valence-electron chi connectivity index (χ3n) is 3.24. The third kappa shape index (κ3) is 2.39. The number of hydrogen-bond donors (Lipinski definition) is 4. The van der Waals surface area contributed by atoms with Gasteiger partial charge in [0.25, 0.3) is 20.2 Å². The van der Waals surface area contributed by atoms with Crippen molar-refractivity contribution >= 4 is 47.9 Å². The maximum Gasteiger partial charge on any atom is 0.299 e. The molecule has 23 heavy (non-hydrogen) atoms. The molecule has 11 heteroatoms. The largest absolute Gasteiger partial charge is 0.504 e. The van der Waals surface area contributed by atoms with Gasteiger partial charge in [-0.1, -0.05) is 0 Å².